The number of carbonyl (C=O) groups is 1. The Bertz CT molecular complexity index is 643. The van der Waals surface area contributed by atoms with E-state index in [-0.39, 0.29) is 6.04 Å². The van der Waals surface area contributed by atoms with E-state index in [2.05, 4.69) is 15.6 Å². The predicted octanol–water partition coefficient (Wildman–Crippen LogP) is 3.71. The third kappa shape index (κ3) is 4.10. The van der Waals surface area contributed by atoms with Crippen molar-refractivity contribution in [2.24, 2.45) is 5.73 Å². The number of carbonyl (C=O) groups excluding carboxylic acids is 1. The Morgan fingerprint density at radius 3 is 2.48 bits per heavy atom. The molecule has 0 saturated heterocycles. The number of benzene rings is 1. The number of primary amides is 1. The zero-order valence-corrected chi connectivity index (χ0v) is 12.6. The maximum Gasteiger partial charge on any atom is 0.316 e. The molecule has 1 aromatic carbocycles. The third-order valence-electron chi connectivity index (χ3n) is 3.10. The van der Waals surface area contributed by atoms with Crippen LogP contribution in [0.3, 0.4) is 0 Å². The number of aryl methyl sites for hydroxylation is 1. The number of rotatable bonds is 4. The van der Waals surface area contributed by atoms with E-state index in [1.54, 1.807) is 6.07 Å². The Morgan fingerprint density at radius 1 is 1.24 bits per heavy atom. The number of hydrogen-bond donors (Lipinski definition) is 3. The normalized spacial score (nSPS) is 11.8. The summed E-state index contributed by atoms with van der Waals surface area (Å²) in [6.45, 7) is 3.95. The van der Waals surface area contributed by atoms with Crippen LogP contribution in [0.15, 0.2) is 36.4 Å². The van der Waals surface area contributed by atoms with Crippen LogP contribution in [0.25, 0.3) is 0 Å². The first kappa shape index (κ1) is 15.1. The van der Waals surface area contributed by atoms with Crippen LogP contribution in [0.2, 0.25) is 5.15 Å². The summed E-state index contributed by atoms with van der Waals surface area (Å²) in [6.07, 6.45) is 0. The lowest BCUT2D eigenvalue weighted by atomic mass is 10.1. The molecule has 0 fully saturated rings. The molecule has 21 heavy (non-hydrogen) atoms. The second kappa shape index (κ2) is 6.45. The highest BCUT2D eigenvalue weighted by Gasteiger charge is 2.08. The Balaban J connectivity index is 2.09. The molecule has 0 aliphatic carbocycles. The van der Waals surface area contributed by atoms with Crippen LogP contribution in [0.5, 0.6) is 0 Å². The van der Waals surface area contributed by atoms with Crippen molar-refractivity contribution in [3.05, 3.63) is 52.8 Å². The van der Waals surface area contributed by atoms with Crippen LogP contribution in [-0.2, 0) is 0 Å². The third-order valence-corrected chi connectivity index (χ3v) is 3.31. The molecule has 110 valence electrons. The number of nitrogens with one attached hydrogen (secondary N) is 2. The maximum absolute atomic E-state index is 10.8. The van der Waals surface area contributed by atoms with E-state index >= 15 is 0 Å². The number of nitrogens with two attached hydrogens (primary N) is 1. The minimum atomic E-state index is -0.572. The summed E-state index contributed by atoms with van der Waals surface area (Å²) in [5.41, 5.74) is 8.61. The molecule has 5 nitrogen and oxygen atoms in total. The van der Waals surface area contributed by atoms with Gasteiger partial charge in [-0.05, 0) is 43.7 Å². The summed E-state index contributed by atoms with van der Waals surface area (Å²) in [6, 6.07) is 10.7. The van der Waals surface area contributed by atoms with E-state index in [1.165, 1.54) is 0 Å². The smallest absolute Gasteiger partial charge is 0.316 e. The molecule has 0 bridgehead atoms. The minimum absolute atomic E-state index is 0.0919. The van der Waals surface area contributed by atoms with Crippen molar-refractivity contribution in [2.75, 3.05) is 10.6 Å². The number of hydrogen-bond acceptors (Lipinski definition) is 3. The molecule has 0 saturated carbocycles. The number of urea groups is 1. The first-order chi connectivity index (χ1) is 9.95. The second-order valence-electron chi connectivity index (χ2n) is 4.74. The van der Waals surface area contributed by atoms with Crippen LogP contribution >= 0.6 is 11.6 Å². The van der Waals surface area contributed by atoms with Gasteiger partial charge in [0.2, 0.25) is 0 Å². The highest BCUT2D eigenvalue weighted by atomic mass is 35.5. The molecule has 0 aliphatic heterocycles. The van der Waals surface area contributed by atoms with E-state index in [0.717, 1.165) is 16.9 Å². The topological polar surface area (TPSA) is 80.0 Å². The van der Waals surface area contributed by atoms with E-state index in [9.17, 15) is 4.79 Å². The Hall–Kier alpha value is -2.27. The summed E-state index contributed by atoms with van der Waals surface area (Å²) in [7, 11) is 0. The first-order valence-electron chi connectivity index (χ1n) is 6.52. The summed E-state index contributed by atoms with van der Waals surface area (Å²) in [5.74, 6) is 0. The Kier molecular flexibility index (Phi) is 4.65. The number of halogens is 1. The molecule has 0 radical (unpaired) electrons. The lowest BCUT2D eigenvalue weighted by Gasteiger charge is -2.17. The van der Waals surface area contributed by atoms with E-state index in [4.69, 9.17) is 17.3 Å². The zero-order chi connectivity index (χ0) is 15.4. The van der Waals surface area contributed by atoms with Crippen LogP contribution in [0.1, 0.15) is 24.2 Å². The average molecular weight is 305 g/mol. The van der Waals surface area contributed by atoms with Gasteiger partial charge in [0, 0.05) is 11.7 Å². The van der Waals surface area contributed by atoms with Gasteiger partial charge in [-0.2, -0.15) is 0 Å². The van der Waals surface area contributed by atoms with Crippen LogP contribution in [0.4, 0.5) is 16.2 Å². The molecule has 6 heteroatoms. The molecule has 2 amide bonds. The lowest BCUT2D eigenvalue weighted by molar-refractivity contribution is 0.259. The maximum atomic E-state index is 10.8. The lowest BCUT2D eigenvalue weighted by Crippen LogP contribution is -2.19. The quantitative estimate of drug-likeness (QED) is 0.753. The van der Waals surface area contributed by atoms with E-state index in [1.807, 2.05) is 44.2 Å². The fraction of sp³-hybridized carbons (Fsp3) is 0.200. The largest absolute Gasteiger partial charge is 0.377 e. The van der Waals surface area contributed by atoms with Gasteiger partial charge in [-0.15, -0.1) is 0 Å². The van der Waals surface area contributed by atoms with Crippen molar-refractivity contribution in [2.45, 2.75) is 19.9 Å². The van der Waals surface area contributed by atoms with Crippen LogP contribution < -0.4 is 16.4 Å². The fourth-order valence-electron chi connectivity index (χ4n) is 2.00. The second-order valence-corrected chi connectivity index (χ2v) is 5.13. The van der Waals surface area contributed by atoms with Crippen molar-refractivity contribution >= 4 is 29.0 Å². The molecule has 1 heterocycles. The molecular formula is C15H17ClN4O. The highest BCUT2D eigenvalue weighted by Crippen LogP contribution is 2.23. The summed E-state index contributed by atoms with van der Waals surface area (Å²) in [5, 5.41) is 6.39. The van der Waals surface area contributed by atoms with Gasteiger partial charge in [0.25, 0.3) is 0 Å². The van der Waals surface area contributed by atoms with E-state index in [0.29, 0.717) is 10.8 Å². The Morgan fingerprint density at radius 2 is 1.90 bits per heavy atom. The SMILES string of the molecule is Cc1nc(Cl)ccc1NC(C)c1ccc(NC(N)=O)cc1. The summed E-state index contributed by atoms with van der Waals surface area (Å²) >= 11 is 5.85. The molecule has 1 aromatic heterocycles. The number of aromatic nitrogens is 1. The van der Waals surface area contributed by atoms with Gasteiger partial charge in [0.1, 0.15) is 5.15 Å². The van der Waals surface area contributed by atoms with Gasteiger partial charge in [-0.1, -0.05) is 23.7 Å². The molecule has 2 aromatic rings. The van der Waals surface area contributed by atoms with Gasteiger partial charge >= 0.3 is 6.03 Å². The standard InChI is InChI=1S/C15H17ClN4O/c1-9(18-13-7-8-14(16)19-10(13)2)11-3-5-12(6-4-11)20-15(17)21/h3-9,18H,1-2H3,(H3,17,20,21). The highest BCUT2D eigenvalue weighted by molar-refractivity contribution is 6.29. The van der Waals surface area contributed by atoms with Crippen molar-refractivity contribution in [1.82, 2.24) is 4.98 Å². The van der Waals surface area contributed by atoms with Gasteiger partial charge in [-0.3, -0.25) is 0 Å². The summed E-state index contributed by atoms with van der Waals surface area (Å²) in [4.78, 5) is 15.0. The number of nitrogens with zero attached hydrogens (tertiary/aromatic N) is 1. The van der Waals surface area contributed by atoms with Crippen LogP contribution in [-0.4, -0.2) is 11.0 Å². The molecule has 0 aliphatic rings. The predicted molar refractivity (Wildman–Crippen MR) is 85.7 cm³/mol. The van der Waals surface area contributed by atoms with Crippen LogP contribution in [0, 0.1) is 6.92 Å². The molecular weight excluding hydrogens is 288 g/mol. The molecule has 4 N–H and O–H groups in total. The van der Waals surface area contributed by atoms with Crippen molar-refractivity contribution in [3.8, 4) is 0 Å². The molecule has 1 atom stereocenters. The molecule has 1 unspecified atom stereocenters. The molecule has 2 rings (SSSR count). The monoisotopic (exact) mass is 304 g/mol. The fourth-order valence-corrected chi connectivity index (χ4v) is 2.19. The zero-order valence-electron chi connectivity index (χ0n) is 11.9. The van der Waals surface area contributed by atoms with Crippen molar-refractivity contribution < 1.29 is 4.79 Å². The van der Waals surface area contributed by atoms with Gasteiger partial charge in [0.05, 0.1) is 11.4 Å². The number of amides is 2. The van der Waals surface area contributed by atoms with Gasteiger partial charge < -0.3 is 16.4 Å². The van der Waals surface area contributed by atoms with E-state index < -0.39 is 6.03 Å². The average Bonchev–Trinajstić information content (AvgIpc) is 2.42. The summed E-state index contributed by atoms with van der Waals surface area (Å²) < 4.78 is 0. The first-order valence-corrected chi connectivity index (χ1v) is 6.89. The minimum Gasteiger partial charge on any atom is -0.377 e. The van der Waals surface area contributed by atoms with Crippen molar-refractivity contribution in [3.63, 3.8) is 0 Å². The van der Waals surface area contributed by atoms with Gasteiger partial charge in [-0.25, -0.2) is 9.78 Å². The number of anilines is 2. The van der Waals surface area contributed by atoms with Crippen molar-refractivity contribution in [1.29, 1.82) is 0 Å². The molecule has 0 spiro atoms. The number of pyridine rings is 1. The Labute approximate surface area is 128 Å². The van der Waals surface area contributed by atoms with Gasteiger partial charge in [0.15, 0.2) is 0 Å².